The summed E-state index contributed by atoms with van der Waals surface area (Å²) in [4.78, 5) is 0.743. The Morgan fingerprint density at radius 2 is 2.06 bits per heavy atom. The number of methoxy groups -OCH3 is 1. The van der Waals surface area contributed by atoms with Crippen LogP contribution >= 0.6 is 11.8 Å². The standard InChI is InChI=1S/C11H15F2NOS/c1-15-6-4-14-5-7-16-9-2-3-10(12)11(13)8-9/h2-3,8,14H,4-7H2,1H3. The molecule has 0 aliphatic heterocycles. The van der Waals surface area contributed by atoms with Crippen molar-refractivity contribution in [3.63, 3.8) is 0 Å². The highest BCUT2D eigenvalue weighted by atomic mass is 32.2. The lowest BCUT2D eigenvalue weighted by Gasteiger charge is -2.04. The van der Waals surface area contributed by atoms with Crippen LogP contribution in [-0.4, -0.2) is 32.6 Å². The number of ether oxygens (including phenoxy) is 1. The van der Waals surface area contributed by atoms with Gasteiger partial charge in [-0.1, -0.05) is 0 Å². The van der Waals surface area contributed by atoms with E-state index in [2.05, 4.69) is 5.32 Å². The summed E-state index contributed by atoms with van der Waals surface area (Å²) in [5.74, 6) is -0.783. The Kier molecular flexibility index (Phi) is 6.37. The molecule has 0 bridgehead atoms. The molecular formula is C11H15F2NOS. The van der Waals surface area contributed by atoms with Gasteiger partial charge in [-0.05, 0) is 18.2 Å². The van der Waals surface area contributed by atoms with Gasteiger partial charge in [-0.15, -0.1) is 11.8 Å². The van der Waals surface area contributed by atoms with E-state index >= 15 is 0 Å². The molecule has 0 spiro atoms. The summed E-state index contributed by atoms with van der Waals surface area (Å²) in [5.41, 5.74) is 0. The van der Waals surface area contributed by atoms with Crippen LogP contribution in [0.1, 0.15) is 0 Å². The minimum Gasteiger partial charge on any atom is -0.383 e. The Labute approximate surface area is 98.4 Å². The minimum atomic E-state index is -0.803. The Hall–Kier alpha value is -0.650. The number of nitrogens with one attached hydrogen (secondary N) is 1. The molecule has 1 rings (SSSR count). The van der Waals surface area contributed by atoms with E-state index in [1.807, 2.05) is 0 Å². The van der Waals surface area contributed by atoms with Gasteiger partial charge in [0.25, 0.3) is 0 Å². The summed E-state index contributed by atoms with van der Waals surface area (Å²) in [5, 5.41) is 3.17. The largest absolute Gasteiger partial charge is 0.383 e. The van der Waals surface area contributed by atoms with E-state index in [9.17, 15) is 8.78 Å². The van der Waals surface area contributed by atoms with E-state index in [0.717, 1.165) is 29.8 Å². The van der Waals surface area contributed by atoms with Gasteiger partial charge in [0.2, 0.25) is 0 Å². The summed E-state index contributed by atoms with van der Waals surface area (Å²) in [6.45, 7) is 2.29. The molecule has 1 aromatic carbocycles. The normalized spacial score (nSPS) is 10.7. The van der Waals surface area contributed by atoms with Crippen LogP contribution in [0.4, 0.5) is 8.78 Å². The molecule has 0 fully saturated rings. The van der Waals surface area contributed by atoms with Crippen molar-refractivity contribution in [1.82, 2.24) is 5.32 Å². The molecule has 0 amide bonds. The average Bonchev–Trinajstić information content (AvgIpc) is 2.28. The third-order valence-electron chi connectivity index (χ3n) is 1.92. The SMILES string of the molecule is COCCNCCSc1ccc(F)c(F)c1. The second-order valence-corrected chi connectivity index (χ2v) is 4.34. The van der Waals surface area contributed by atoms with E-state index in [1.165, 1.54) is 17.8 Å². The van der Waals surface area contributed by atoms with Crippen LogP contribution in [0, 0.1) is 11.6 Å². The van der Waals surface area contributed by atoms with Gasteiger partial charge in [0.05, 0.1) is 6.61 Å². The molecule has 0 radical (unpaired) electrons. The van der Waals surface area contributed by atoms with Crippen molar-refractivity contribution in [1.29, 1.82) is 0 Å². The first-order valence-corrected chi connectivity index (χ1v) is 6.00. The number of halogens is 2. The zero-order chi connectivity index (χ0) is 11.8. The third kappa shape index (κ3) is 4.92. The maximum Gasteiger partial charge on any atom is 0.159 e. The van der Waals surface area contributed by atoms with Crippen LogP contribution in [0.2, 0.25) is 0 Å². The summed E-state index contributed by atoms with van der Waals surface area (Å²) in [6.07, 6.45) is 0. The van der Waals surface area contributed by atoms with Crippen molar-refractivity contribution in [2.45, 2.75) is 4.90 Å². The molecule has 0 heterocycles. The van der Waals surface area contributed by atoms with Crippen molar-refractivity contribution in [2.24, 2.45) is 0 Å². The molecule has 16 heavy (non-hydrogen) atoms. The molecule has 5 heteroatoms. The lowest BCUT2D eigenvalue weighted by molar-refractivity contribution is 0.200. The van der Waals surface area contributed by atoms with Crippen molar-refractivity contribution in [2.75, 3.05) is 32.6 Å². The van der Waals surface area contributed by atoms with Crippen LogP contribution in [0.15, 0.2) is 23.1 Å². The first-order valence-electron chi connectivity index (χ1n) is 5.01. The fourth-order valence-corrected chi connectivity index (χ4v) is 1.94. The van der Waals surface area contributed by atoms with Crippen LogP contribution in [-0.2, 0) is 4.74 Å². The smallest absolute Gasteiger partial charge is 0.159 e. The van der Waals surface area contributed by atoms with E-state index in [0.29, 0.717) is 6.61 Å². The zero-order valence-electron chi connectivity index (χ0n) is 9.13. The second kappa shape index (κ2) is 7.60. The van der Waals surface area contributed by atoms with Gasteiger partial charge in [0.1, 0.15) is 0 Å². The van der Waals surface area contributed by atoms with Gasteiger partial charge < -0.3 is 10.1 Å². The highest BCUT2D eigenvalue weighted by Gasteiger charge is 2.02. The summed E-state index contributed by atoms with van der Waals surface area (Å²) in [7, 11) is 1.65. The minimum absolute atomic E-state index is 0.676. The molecule has 0 aromatic heterocycles. The fourth-order valence-electron chi connectivity index (χ4n) is 1.11. The fraction of sp³-hybridized carbons (Fsp3) is 0.455. The first-order chi connectivity index (χ1) is 7.74. The summed E-state index contributed by atoms with van der Waals surface area (Å²) >= 11 is 1.49. The molecule has 1 N–H and O–H groups in total. The molecule has 2 nitrogen and oxygen atoms in total. The first kappa shape index (κ1) is 13.4. The Morgan fingerprint density at radius 1 is 1.25 bits per heavy atom. The summed E-state index contributed by atoms with van der Waals surface area (Å²) in [6, 6.07) is 3.95. The topological polar surface area (TPSA) is 21.3 Å². The summed E-state index contributed by atoms with van der Waals surface area (Å²) < 4.78 is 30.3. The molecule has 0 unspecified atom stereocenters. The molecule has 0 atom stereocenters. The van der Waals surface area contributed by atoms with E-state index < -0.39 is 11.6 Å². The highest BCUT2D eigenvalue weighted by molar-refractivity contribution is 7.99. The molecule has 90 valence electrons. The Balaban J connectivity index is 2.19. The van der Waals surface area contributed by atoms with E-state index in [-0.39, 0.29) is 0 Å². The molecular weight excluding hydrogens is 232 g/mol. The van der Waals surface area contributed by atoms with Crippen LogP contribution in [0.3, 0.4) is 0 Å². The van der Waals surface area contributed by atoms with Gasteiger partial charge in [0.15, 0.2) is 11.6 Å². The molecule has 0 aliphatic carbocycles. The van der Waals surface area contributed by atoms with Crippen LogP contribution in [0.5, 0.6) is 0 Å². The quantitative estimate of drug-likeness (QED) is 0.590. The lowest BCUT2D eigenvalue weighted by Crippen LogP contribution is -2.21. The number of rotatable bonds is 7. The maximum atomic E-state index is 12.8. The number of hydrogen-bond acceptors (Lipinski definition) is 3. The monoisotopic (exact) mass is 247 g/mol. The number of hydrogen-bond donors (Lipinski definition) is 1. The number of thioether (sulfide) groups is 1. The molecule has 0 saturated carbocycles. The zero-order valence-corrected chi connectivity index (χ0v) is 9.95. The predicted octanol–water partition coefficient (Wildman–Crippen LogP) is 2.29. The second-order valence-electron chi connectivity index (χ2n) is 3.17. The van der Waals surface area contributed by atoms with Gasteiger partial charge in [-0.25, -0.2) is 8.78 Å². The van der Waals surface area contributed by atoms with Crippen molar-refractivity contribution in [3.05, 3.63) is 29.8 Å². The molecule has 0 aliphatic rings. The molecule has 0 saturated heterocycles. The third-order valence-corrected chi connectivity index (χ3v) is 2.92. The van der Waals surface area contributed by atoms with Gasteiger partial charge in [-0.3, -0.25) is 0 Å². The predicted molar refractivity (Wildman–Crippen MR) is 61.8 cm³/mol. The van der Waals surface area contributed by atoms with Crippen LogP contribution < -0.4 is 5.32 Å². The average molecular weight is 247 g/mol. The maximum absolute atomic E-state index is 12.8. The Bertz CT molecular complexity index is 323. The highest BCUT2D eigenvalue weighted by Crippen LogP contribution is 2.19. The van der Waals surface area contributed by atoms with Crippen molar-refractivity contribution >= 4 is 11.8 Å². The van der Waals surface area contributed by atoms with E-state index in [1.54, 1.807) is 13.2 Å². The van der Waals surface area contributed by atoms with Crippen molar-refractivity contribution < 1.29 is 13.5 Å². The number of benzene rings is 1. The van der Waals surface area contributed by atoms with Gasteiger partial charge in [0, 0.05) is 30.8 Å². The Morgan fingerprint density at radius 3 is 2.75 bits per heavy atom. The lowest BCUT2D eigenvalue weighted by atomic mass is 10.3. The van der Waals surface area contributed by atoms with Crippen molar-refractivity contribution in [3.8, 4) is 0 Å². The van der Waals surface area contributed by atoms with E-state index in [4.69, 9.17) is 4.74 Å². The van der Waals surface area contributed by atoms with Crippen LogP contribution in [0.25, 0.3) is 0 Å². The molecule has 1 aromatic rings. The van der Waals surface area contributed by atoms with Gasteiger partial charge in [-0.2, -0.15) is 0 Å². The van der Waals surface area contributed by atoms with Gasteiger partial charge >= 0.3 is 0 Å².